The smallest absolute Gasteiger partial charge is 0.246 e. The number of amides is 1. The average molecular weight is 238 g/mol. The zero-order valence-corrected chi connectivity index (χ0v) is 11.9. The van der Waals surface area contributed by atoms with Crippen LogP contribution in [0.1, 0.15) is 34.1 Å². The average Bonchev–Trinajstić information content (AvgIpc) is 2.56. The number of hydrogen-bond acceptors (Lipinski definition) is 2. The lowest BCUT2D eigenvalue weighted by Crippen LogP contribution is -2.25. The van der Waals surface area contributed by atoms with Gasteiger partial charge in [-0.25, -0.2) is 0 Å². The number of nitrogens with two attached hydrogens (primary N) is 1. The Morgan fingerprint density at radius 3 is 1.94 bits per heavy atom. The van der Waals surface area contributed by atoms with E-state index in [9.17, 15) is 4.79 Å². The van der Waals surface area contributed by atoms with Gasteiger partial charge in [-0.3, -0.25) is 4.79 Å². The van der Waals surface area contributed by atoms with Gasteiger partial charge < -0.3 is 10.6 Å². The fraction of sp³-hybridized carbons (Fsp3) is 0.786. The highest BCUT2D eigenvalue weighted by Crippen LogP contribution is 2.44. The van der Waals surface area contributed by atoms with Gasteiger partial charge >= 0.3 is 0 Å². The highest BCUT2D eigenvalue weighted by Gasteiger charge is 2.39. The van der Waals surface area contributed by atoms with E-state index in [1.807, 2.05) is 14.1 Å². The van der Waals surface area contributed by atoms with Gasteiger partial charge in [0.1, 0.15) is 0 Å². The molecule has 0 fully saturated rings. The summed E-state index contributed by atoms with van der Waals surface area (Å²) in [4.78, 5) is 13.8. The van der Waals surface area contributed by atoms with E-state index in [2.05, 4.69) is 32.6 Å². The number of carbonyl (C=O) groups excluding carboxylic acids is 1. The number of hydrogen-bond donors (Lipinski definition) is 1. The minimum absolute atomic E-state index is 0.240. The predicted molar refractivity (Wildman–Crippen MR) is 71.2 cm³/mol. The molecule has 1 aliphatic rings. The third-order valence-corrected chi connectivity index (χ3v) is 3.86. The van der Waals surface area contributed by atoms with Crippen molar-refractivity contribution in [2.24, 2.45) is 29.4 Å². The lowest BCUT2D eigenvalue weighted by Gasteiger charge is -2.25. The maximum atomic E-state index is 11.7. The van der Waals surface area contributed by atoms with Crippen molar-refractivity contribution < 1.29 is 4.79 Å². The largest absolute Gasteiger partial charge is 0.380 e. The minimum atomic E-state index is -0.240. The molecule has 0 aromatic heterocycles. The van der Waals surface area contributed by atoms with Crippen LogP contribution >= 0.6 is 0 Å². The fourth-order valence-corrected chi connectivity index (χ4v) is 2.97. The molecule has 1 rings (SSSR count). The first-order chi connectivity index (χ1) is 7.77. The molecule has 0 aliphatic heterocycles. The van der Waals surface area contributed by atoms with Crippen LogP contribution in [0.2, 0.25) is 0 Å². The monoisotopic (exact) mass is 238 g/mol. The van der Waals surface area contributed by atoms with E-state index in [1.165, 1.54) is 0 Å². The van der Waals surface area contributed by atoms with Crippen LogP contribution in [0.3, 0.4) is 0 Å². The molecule has 0 spiro atoms. The lowest BCUT2D eigenvalue weighted by molar-refractivity contribution is -0.115. The molecular formula is C14H26N2O. The summed E-state index contributed by atoms with van der Waals surface area (Å²) < 4.78 is 0. The second-order valence-electron chi connectivity index (χ2n) is 5.99. The molecule has 0 radical (unpaired) electrons. The first kappa shape index (κ1) is 14.1. The lowest BCUT2D eigenvalue weighted by atomic mass is 9.85. The highest BCUT2D eigenvalue weighted by atomic mass is 16.1. The molecule has 0 saturated heterocycles. The van der Waals surface area contributed by atoms with Crippen LogP contribution in [-0.4, -0.2) is 24.9 Å². The minimum Gasteiger partial charge on any atom is -0.380 e. The van der Waals surface area contributed by atoms with E-state index in [0.29, 0.717) is 23.7 Å². The standard InChI is InChI=1S/C14H26N2O/c1-8(2)10-7-11(9(3)4)13(16(5)6)12(10)14(15)17/h8-11H,7H2,1-6H3,(H2,15,17). The molecule has 2 N–H and O–H groups in total. The Morgan fingerprint density at radius 2 is 1.65 bits per heavy atom. The van der Waals surface area contributed by atoms with Crippen molar-refractivity contribution >= 4 is 5.91 Å². The zero-order valence-electron chi connectivity index (χ0n) is 11.9. The number of allylic oxidation sites excluding steroid dienone is 1. The Balaban J connectivity index is 3.25. The topological polar surface area (TPSA) is 46.3 Å². The van der Waals surface area contributed by atoms with Crippen LogP contribution in [0, 0.1) is 23.7 Å². The molecule has 0 heterocycles. The molecule has 0 aromatic carbocycles. The summed E-state index contributed by atoms with van der Waals surface area (Å²) in [7, 11) is 4.02. The molecule has 3 heteroatoms. The first-order valence-electron chi connectivity index (χ1n) is 6.48. The van der Waals surface area contributed by atoms with Gasteiger partial charge in [-0.15, -0.1) is 0 Å². The third-order valence-electron chi connectivity index (χ3n) is 3.86. The Bertz CT molecular complexity index is 329. The molecule has 1 amide bonds. The molecule has 17 heavy (non-hydrogen) atoms. The van der Waals surface area contributed by atoms with Crippen LogP contribution in [-0.2, 0) is 4.79 Å². The summed E-state index contributed by atoms with van der Waals surface area (Å²) in [6.45, 7) is 8.78. The summed E-state index contributed by atoms with van der Waals surface area (Å²) in [5.41, 5.74) is 7.62. The maximum absolute atomic E-state index is 11.7. The van der Waals surface area contributed by atoms with Crippen molar-refractivity contribution in [3.8, 4) is 0 Å². The first-order valence-corrected chi connectivity index (χ1v) is 6.48. The van der Waals surface area contributed by atoms with Crippen LogP contribution in [0.25, 0.3) is 0 Å². The second kappa shape index (κ2) is 5.11. The van der Waals surface area contributed by atoms with Gasteiger partial charge in [-0.2, -0.15) is 0 Å². The van der Waals surface area contributed by atoms with Crippen LogP contribution < -0.4 is 5.73 Å². The second-order valence-corrected chi connectivity index (χ2v) is 5.99. The molecule has 1 aliphatic carbocycles. The molecule has 0 saturated carbocycles. The van der Waals surface area contributed by atoms with E-state index in [1.54, 1.807) is 0 Å². The SMILES string of the molecule is CC(C)C1CC(C(C)C)C(N(C)C)=C1C(N)=O. The molecule has 2 atom stereocenters. The van der Waals surface area contributed by atoms with Crippen molar-refractivity contribution in [1.29, 1.82) is 0 Å². The molecule has 3 nitrogen and oxygen atoms in total. The predicted octanol–water partition coefficient (Wildman–Crippen LogP) is 2.24. The Kier molecular flexibility index (Phi) is 4.23. The molecule has 98 valence electrons. The van der Waals surface area contributed by atoms with Gasteiger partial charge in [0.25, 0.3) is 0 Å². The van der Waals surface area contributed by atoms with E-state index >= 15 is 0 Å². The van der Waals surface area contributed by atoms with Crippen LogP contribution in [0.15, 0.2) is 11.3 Å². The summed E-state index contributed by atoms with van der Waals surface area (Å²) in [5, 5.41) is 0. The summed E-state index contributed by atoms with van der Waals surface area (Å²) in [6, 6.07) is 0. The van der Waals surface area contributed by atoms with E-state index in [4.69, 9.17) is 5.73 Å². The van der Waals surface area contributed by atoms with Gasteiger partial charge in [-0.1, -0.05) is 27.7 Å². The Hall–Kier alpha value is -0.990. The molecule has 2 unspecified atom stereocenters. The van der Waals surface area contributed by atoms with Crippen molar-refractivity contribution in [3.63, 3.8) is 0 Å². The van der Waals surface area contributed by atoms with Gasteiger partial charge in [-0.05, 0) is 24.2 Å². The van der Waals surface area contributed by atoms with E-state index in [-0.39, 0.29) is 5.91 Å². The highest BCUT2D eigenvalue weighted by molar-refractivity contribution is 5.94. The number of carbonyl (C=O) groups is 1. The number of primary amides is 1. The van der Waals surface area contributed by atoms with Crippen molar-refractivity contribution in [2.75, 3.05) is 14.1 Å². The van der Waals surface area contributed by atoms with Gasteiger partial charge in [0, 0.05) is 31.3 Å². The number of nitrogens with zero attached hydrogens (tertiary/aromatic N) is 1. The molecule has 0 aromatic rings. The number of rotatable bonds is 4. The summed E-state index contributed by atoms with van der Waals surface area (Å²) >= 11 is 0. The van der Waals surface area contributed by atoms with Gasteiger partial charge in [0.15, 0.2) is 0 Å². The fourth-order valence-electron chi connectivity index (χ4n) is 2.97. The Labute approximate surface area is 105 Å². The van der Waals surface area contributed by atoms with Gasteiger partial charge in [0.2, 0.25) is 5.91 Å². The Morgan fingerprint density at radius 1 is 1.18 bits per heavy atom. The molecule has 0 bridgehead atoms. The van der Waals surface area contributed by atoms with Crippen LogP contribution in [0.5, 0.6) is 0 Å². The zero-order chi connectivity index (χ0) is 13.3. The van der Waals surface area contributed by atoms with E-state index < -0.39 is 0 Å². The van der Waals surface area contributed by atoms with Crippen molar-refractivity contribution in [3.05, 3.63) is 11.3 Å². The molecular weight excluding hydrogens is 212 g/mol. The van der Waals surface area contributed by atoms with Gasteiger partial charge in [0.05, 0.1) is 0 Å². The summed E-state index contributed by atoms with van der Waals surface area (Å²) in [5.74, 6) is 1.55. The third kappa shape index (κ3) is 2.64. The van der Waals surface area contributed by atoms with Crippen molar-refractivity contribution in [1.82, 2.24) is 4.90 Å². The van der Waals surface area contributed by atoms with Crippen LogP contribution in [0.4, 0.5) is 0 Å². The summed E-state index contributed by atoms with van der Waals surface area (Å²) in [6.07, 6.45) is 1.06. The van der Waals surface area contributed by atoms with Crippen molar-refractivity contribution in [2.45, 2.75) is 34.1 Å². The quantitative estimate of drug-likeness (QED) is 0.816. The normalized spacial score (nSPS) is 24.9. The maximum Gasteiger partial charge on any atom is 0.246 e. The van der Waals surface area contributed by atoms with E-state index in [0.717, 1.165) is 17.7 Å².